The maximum Gasteiger partial charge on any atom is 0.271 e. The van der Waals surface area contributed by atoms with Gasteiger partial charge in [-0.25, -0.2) is 5.43 Å². The van der Waals surface area contributed by atoms with Gasteiger partial charge in [0.05, 0.1) is 6.21 Å². The summed E-state index contributed by atoms with van der Waals surface area (Å²) < 4.78 is 0. The average molecular weight is 235 g/mol. The fourth-order valence-corrected chi connectivity index (χ4v) is 1.82. The first kappa shape index (κ1) is 10.5. The van der Waals surface area contributed by atoms with Crippen LogP contribution < -0.4 is 11.0 Å². The molecule has 0 fully saturated rings. The lowest BCUT2D eigenvalue weighted by Gasteiger charge is -1.95. The van der Waals surface area contributed by atoms with Crippen molar-refractivity contribution < 1.29 is 0 Å². The normalized spacial score (nSPS) is 10.8. The van der Waals surface area contributed by atoms with E-state index in [0.29, 0.717) is 0 Å². The summed E-state index contributed by atoms with van der Waals surface area (Å²) in [5.41, 5.74) is 3.43. The van der Waals surface area contributed by atoms with Gasteiger partial charge < -0.3 is 0 Å². The van der Waals surface area contributed by atoms with Crippen LogP contribution >= 0.6 is 11.3 Å². The molecule has 0 amide bonds. The molecule has 0 bridgehead atoms. The van der Waals surface area contributed by atoms with Gasteiger partial charge in [0, 0.05) is 4.88 Å². The predicted molar refractivity (Wildman–Crippen MR) is 62.9 cm³/mol. The van der Waals surface area contributed by atoms with E-state index in [1.807, 2.05) is 18.4 Å². The molecular weight excluding hydrogens is 226 g/mol. The van der Waals surface area contributed by atoms with Gasteiger partial charge in [-0.15, -0.1) is 21.5 Å². The number of anilines is 1. The van der Waals surface area contributed by atoms with E-state index in [0.717, 1.165) is 16.6 Å². The molecule has 0 spiro atoms. The zero-order chi connectivity index (χ0) is 11.4. The van der Waals surface area contributed by atoms with E-state index in [-0.39, 0.29) is 11.5 Å². The predicted octanol–water partition coefficient (Wildman–Crippen LogP) is 0.981. The molecular formula is C9H9N5OS. The minimum absolute atomic E-state index is 0.220. The lowest BCUT2D eigenvalue weighted by atomic mass is 10.3. The number of thiophene rings is 1. The maximum absolute atomic E-state index is 10.9. The van der Waals surface area contributed by atoms with Crippen molar-refractivity contribution in [3.05, 3.63) is 38.4 Å². The van der Waals surface area contributed by atoms with Gasteiger partial charge in [0.25, 0.3) is 5.56 Å². The highest BCUT2D eigenvalue weighted by Crippen LogP contribution is 2.12. The second-order valence-electron chi connectivity index (χ2n) is 3.02. The van der Waals surface area contributed by atoms with E-state index in [1.165, 1.54) is 0 Å². The Kier molecular flexibility index (Phi) is 3.06. The van der Waals surface area contributed by atoms with Crippen LogP contribution in [0.4, 0.5) is 5.95 Å². The van der Waals surface area contributed by atoms with Gasteiger partial charge in [0.2, 0.25) is 5.95 Å². The first-order valence-corrected chi connectivity index (χ1v) is 5.39. The van der Waals surface area contributed by atoms with Gasteiger partial charge in [-0.3, -0.25) is 9.78 Å². The molecule has 0 unspecified atom stereocenters. The highest BCUT2D eigenvalue weighted by molar-refractivity contribution is 7.11. The van der Waals surface area contributed by atoms with Crippen LogP contribution in [0.1, 0.15) is 10.4 Å². The molecule has 0 saturated heterocycles. The Morgan fingerprint density at radius 1 is 1.62 bits per heavy atom. The Balaban J connectivity index is 2.05. The third kappa shape index (κ3) is 2.51. The van der Waals surface area contributed by atoms with Gasteiger partial charge >= 0.3 is 0 Å². The van der Waals surface area contributed by atoms with Crippen molar-refractivity contribution in [1.82, 2.24) is 15.2 Å². The van der Waals surface area contributed by atoms with E-state index in [9.17, 15) is 4.79 Å². The molecule has 0 aliphatic rings. The standard InChI is InChI=1S/C9H9N5OS/c1-6-2-3-16-7(6)4-10-13-9-12-8(15)5-11-14-9/h2-5H,1H3,(H2,12,13,14,15)/b10-4+. The molecule has 2 N–H and O–H groups in total. The minimum atomic E-state index is -0.319. The lowest BCUT2D eigenvalue weighted by Crippen LogP contribution is -2.10. The van der Waals surface area contributed by atoms with Crippen LogP contribution in [0.2, 0.25) is 0 Å². The monoisotopic (exact) mass is 235 g/mol. The zero-order valence-corrected chi connectivity index (χ0v) is 9.28. The Morgan fingerprint density at radius 2 is 2.50 bits per heavy atom. The minimum Gasteiger partial charge on any atom is -0.289 e. The summed E-state index contributed by atoms with van der Waals surface area (Å²) in [6.07, 6.45) is 2.77. The maximum atomic E-state index is 10.9. The molecule has 2 rings (SSSR count). The molecule has 0 aliphatic heterocycles. The summed E-state index contributed by atoms with van der Waals surface area (Å²) in [5, 5.41) is 13.1. The summed E-state index contributed by atoms with van der Waals surface area (Å²) in [6, 6.07) is 2.01. The zero-order valence-electron chi connectivity index (χ0n) is 8.47. The van der Waals surface area contributed by atoms with Crippen molar-refractivity contribution in [1.29, 1.82) is 0 Å². The second-order valence-corrected chi connectivity index (χ2v) is 3.97. The Labute approximate surface area is 95.1 Å². The summed E-state index contributed by atoms with van der Waals surface area (Å²) in [5.74, 6) is 0.220. The number of nitrogens with zero attached hydrogens (tertiary/aromatic N) is 3. The van der Waals surface area contributed by atoms with E-state index in [4.69, 9.17) is 0 Å². The number of hydrogen-bond donors (Lipinski definition) is 2. The highest BCUT2D eigenvalue weighted by atomic mass is 32.1. The molecule has 2 heterocycles. The van der Waals surface area contributed by atoms with Gasteiger partial charge in [-0.2, -0.15) is 5.10 Å². The van der Waals surface area contributed by atoms with E-state index >= 15 is 0 Å². The highest BCUT2D eigenvalue weighted by Gasteiger charge is 1.95. The van der Waals surface area contributed by atoms with Gasteiger partial charge in [-0.1, -0.05) is 0 Å². The van der Waals surface area contributed by atoms with Crippen LogP contribution in [0.3, 0.4) is 0 Å². The van der Waals surface area contributed by atoms with Gasteiger partial charge in [0.1, 0.15) is 6.20 Å². The Hall–Kier alpha value is -2.02. The first-order chi connectivity index (χ1) is 7.75. The third-order valence-corrected chi connectivity index (χ3v) is 2.78. The van der Waals surface area contributed by atoms with Gasteiger partial charge in [0.15, 0.2) is 0 Å². The molecule has 16 heavy (non-hydrogen) atoms. The average Bonchev–Trinajstić information content (AvgIpc) is 2.65. The van der Waals surface area contributed by atoms with E-state index in [1.54, 1.807) is 17.6 Å². The summed E-state index contributed by atoms with van der Waals surface area (Å²) >= 11 is 1.59. The molecule has 0 atom stereocenters. The molecule has 0 aromatic carbocycles. The molecule has 2 aromatic heterocycles. The van der Waals surface area contributed by atoms with Crippen LogP contribution in [-0.4, -0.2) is 21.4 Å². The quantitative estimate of drug-likeness (QED) is 0.613. The number of nitrogens with one attached hydrogen (secondary N) is 2. The molecule has 82 valence electrons. The number of aromatic amines is 1. The van der Waals surface area contributed by atoms with Crippen LogP contribution in [-0.2, 0) is 0 Å². The van der Waals surface area contributed by atoms with Crippen molar-refractivity contribution in [2.24, 2.45) is 5.10 Å². The number of hydrogen-bond acceptors (Lipinski definition) is 6. The summed E-state index contributed by atoms with van der Waals surface area (Å²) in [4.78, 5) is 14.4. The summed E-state index contributed by atoms with van der Waals surface area (Å²) in [6.45, 7) is 2.00. The lowest BCUT2D eigenvalue weighted by molar-refractivity contribution is 0.939. The topological polar surface area (TPSA) is 83.0 Å². The van der Waals surface area contributed by atoms with Crippen molar-refractivity contribution in [2.45, 2.75) is 6.92 Å². The fourth-order valence-electron chi connectivity index (χ4n) is 1.03. The molecule has 2 aromatic rings. The number of hydrazone groups is 1. The van der Waals surface area contributed by atoms with Crippen LogP contribution in [0.5, 0.6) is 0 Å². The van der Waals surface area contributed by atoms with Crippen molar-refractivity contribution in [3.8, 4) is 0 Å². The van der Waals surface area contributed by atoms with Crippen LogP contribution in [0.25, 0.3) is 0 Å². The third-order valence-electron chi connectivity index (χ3n) is 1.83. The SMILES string of the molecule is Cc1ccsc1/C=N/Nc1nncc(=O)[nH]1. The van der Waals surface area contributed by atoms with Crippen LogP contribution in [0, 0.1) is 6.92 Å². The summed E-state index contributed by atoms with van der Waals surface area (Å²) in [7, 11) is 0. The Bertz CT molecular complexity index is 559. The van der Waals surface area contributed by atoms with Crippen molar-refractivity contribution in [3.63, 3.8) is 0 Å². The largest absolute Gasteiger partial charge is 0.289 e. The van der Waals surface area contributed by atoms with Crippen LogP contribution in [0.15, 0.2) is 27.5 Å². The van der Waals surface area contributed by atoms with Gasteiger partial charge in [-0.05, 0) is 23.9 Å². The van der Waals surface area contributed by atoms with Crippen molar-refractivity contribution in [2.75, 3.05) is 5.43 Å². The van der Waals surface area contributed by atoms with E-state index in [2.05, 4.69) is 25.7 Å². The second kappa shape index (κ2) is 4.67. The smallest absolute Gasteiger partial charge is 0.271 e. The number of H-pyrrole nitrogens is 1. The molecule has 0 aliphatic carbocycles. The number of aromatic nitrogens is 3. The molecule has 0 radical (unpaired) electrons. The fraction of sp³-hybridized carbons (Fsp3) is 0.111. The number of rotatable bonds is 3. The molecule has 7 heteroatoms. The number of aryl methyl sites for hydroxylation is 1. The Morgan fingerprint density at radius 3 is 3.19 bits per heavy atom. The van der Waals surface area contributed by atoms with E-state index < -0.39 is 0 Å². The molecule has 6 nitrogen and oxygen atoms in total. The van der Waals surface area contributed by atoms with Crippen molar-refractivity contribution >= 4 is 23.5 Å². The molecule has 0 saturated carbocycles. The first-order valence-electron chi connectivity index (χ1n) is 4.51.